The van der Waals surface area contributed by atoms with Crippen LogP contribution in [0.3, 0.4) is 0 Å². The van der Waals surface area contributed by atoms with E-state index in [9.17, 15) is 22.7 Å². The van der Waals surface area contributed by atoms with Gasteiger partial charge in [0.25, 0.3) is 10.0 Å². The van der Waals surface area contributed by atoms with Gasteiger partial charge in [-0.15, -0.1) is 11.3 Å². The molecule has 1 aliphatic rings. The van der Waals surface area contributed by atoms with Gasteiger partial charge in [0.1, 0.15) is 5.82 Å². The Balaban J connectivity index is 1.63. The van der Waals surface area contributed by atoms with Gasteiger partial charge in [-0.3, -0.25) is 4.79 Å². The smallest absolute Gasteiger partial charge is 0.312 e. The van der Waals surface area contributed by atoms with Gasteiger partial charge in [-0.25, -0.2) is 16.8 Å². The number of aromatic nitrogens is 1. The van der Waals surface area contributed by atoms with Crippen molar-refractivity contribution in [1.29, 1.82) is 0 Å². The van der Waals surface area contributed by atoms with Crippen LogP contribution in [0.5, 0.6) is 0 Å². The van der Waals surface area contributed by atoms with Crippen LogP contribution in [0.25, 0.3) is 33.3 Å². The molecule has 0 aliphatic carbocycles. The summed E-state index contributed by atoms with van der Waals surface area (Å²) in [4.78, 5) is 15.0. The summed E-state index contributed by atoms with van der Waals surface area (Å²) < 4.78 is 49.9. The van der Waals surface area contributed by atoms with Crippen molar-refractivity contribution < 1.29 is 27.4 Å². The van der Waals surface area contributed by atoms with E-state index in [2.05, 4.69) is 0 Å². The number of esters is 1. The minimum absolute atomic E-state index is 0.0800. The molecule has 1 saturated heterocycles. The topological polar surface area (TPSA) is 88.8 Å². The molecule has 42 heavy (non-hydrogen) atoms. The number of carbonyl (C=O) groups is 1. The van der Waals surface area contributed by atoms with Gasteiger partial charge in [0, 0.05) is 53.2 Å². The normalized spacial score (nSPS) is 13.9. The number of hydrogen-bond donors (Lipinski definition) is 1. The third-order valence-corrected chi connectivity index (χ3v) is 10.4. The minimum Gasteiger partial charge on any atom is -0.469 e. The number of aliphatic hydroxyl groups is 1. The Labute approximate surface area is 247 Å². The van der Waals surface area contributed by atoms with Crippen LogP contribution < -0.4 is 4.90 Å². The van der Waals surface area contributed by atoms with Gasteiger partial charge < -0.3 is 14.7 Å². The average Bonchev–Trinajstić information content (AvgIpc) is 3.54. The summed E-state index contributed by atoms with van der Waals surface area (Å²) >= 11 is 1.46. The number of nitrogens with zero attached hydrogens (tertiary/aromatic N) is 2. The molecule has 0 unspecified atom stereocenters. The van der Waals surface area contributed by atoms with Crippen molar-refractivity contribution in [3.05, 3.63) is 94.4 Å². The Morgan fingerprint density at radius 1 is 1.07 bits per heavy atom. The van der Waals surface area contributed by atoms with E-state index in [4.69, 9.17) is 4.74 Å². The second kappa shape index (κ2) is 11.0. The molecule has 1 aliphatic heterocycles. The Bertz CT molecular complexity index is 1910. The molecule has 1 fully saturated rings. The number of benzene rings is 3. The molecule has 3 aromatic carbocycles. The summed E-state index contributed by atoms with van der Waals surface area (Å²) in [6.45, 7) is 2.79. The second-order valence-electron chi connectivity index (χ2n) is 10.4. The van der Waals surface area contributed by atoms with Crippen LogP contribution >= 0.6 is 11.3 Å². The summed E-state index contributed by atoms with van der Waals surface area (Å²) in [5.74, 6) is -0.968. The number of rotatable bonds is 8. The number of hydrogen-bond acceptors (Lipinski definition) is 7. The van der Waals surface area contributed by atoms with Gasteiger partial charge in [-0.05, 0) is 66.4 Å². The van der Waals surface area contributed by atoms with Crippen LogP contribution in [-0.2, 0) is 26.0 Å². The first-order valence-corrected chi connectivity index (χ1v) is 15.8. The zero-order chi connectivity index (χ0) is 29.6. The summed E-state index contributed by atoms with van der Waals surface area (Å²) in [5, 5.41) is 12.1. The van der Waals surface area contributed by atoms with E-state index in [0.29, 0.717) is 47.2 Å². The number of aryl methyl sites for hydroxylation is 1. The molecular weight excluding hydrogens is 575 g/mol. The van der Waals surface area contributed by atoms with E-state index in [1.165, 1.54) is 40.6 Å². The highest BCUT2D eigenvalue weighted by molar-refractivity contribution is 7.90. The molecule has 1 N–H and O–H groups in total. The molecule has 0 atom stereocenters. The third-order valence-electron chi connectivity index (χ3n) is 7.70. The van der Waals surface area contributed by atoms with E-state index < -0.39 is 15.8 Å². The van der Waals surface area contributed by atoms with Crippen molar-refractivity contribution in [2.24, 2.45) is 5.92 Å². The molecule has 0 saturated carbocycles. The number of halogens is 1. The van der Waals surface area contributed by atoms with Gasteiger partial charge >= 0.3 is 5.97 Å². The van der Waals surface area contributed by atoms with Crippen molar-refractivity contribution in [3.63, 3.8) is 0 Å². The molecule has 0 amide bonds. The molecule has 0 spiro atoms. The highest BCUT2D eigenvalue weighted by Crippen LogP contribution is 2.46. The lowest BCUT2D eigenvalue weighted by Gasteiger charge is -2.39. The van der Waals surface area contributed by atoms with Crippen molar-refractivity contribution in [3.8, 4) is 22.4 Å². The van der Waals surface area contributed by atoms with Crippen molar-refractivity contribution >= 4 is 43.9 Å². The van der Waals surface area contributed by atoms with Gasteiger partial charge in [-0.1, -0.05) is 29.8 Å². The number of ether oxygens (including phenoxy) is 1. The van der Waals surface area contributed by atoms with Crippen LogP contribution in [0, 0.1) is 18.7 Å². The van der Waals surface area contributed by atoms with Gasteiger partial charge in [0.05, 0.1) is 29.1 Å². The quantitative estimate of drug-likeness (QED) is 0.223. The first-order chi connectivity index (χ1) is 20.2. The summed E-state index contributed by atoms with van der Waals surface area (Å²) in [7, 11) is -2.77. The first-order valence-electron chi connectivity index (χ1n) is 13.5. The molecule has 216 valence electrons. The monoisotopic (exact) mass is 604 g/mol. The van der Waals surface area contributed by atoms with Crippen LogP contribution in [0.4, 0.5) is 10.1 Å². The Kier molecular flexibility index (Phi) is 7.38. The largest absolute Gasteiger partial charge is 0.469 e. The Morgan fingerprint density at radius 3 is 2.55 bits per heavy atom. The predicted octanol–water partition coefficient (Wildman–Crippen LogP) is 5.87. The van der Waals surface area contributed by atoms with Crippen molar-refractivity contribution in [2.75, 3.05) is 31.7 Å². The van der Waals surface area contributed by atoms with E-state index >= 15 is 0 Å². The molecule has 3 heterocycles. The molecule has 0 bridgehead atoms. The maximum atomic E-state index is 14.8. The lowest BCUT2D eigenvalue weighted by Crippen LogP contribution is -2.50. The number of fused-ring (bicyclic) bond motifs is 1. The highest BCUT2D eigenvalue weighted by atomic mass is 32.2. The van der Waals surface area contributed by atoms with Crippen LogP contribution in [0.1, 0.15) is 10.4 Å². The van der Waals surface area contributed by atoms with E-state index in [0.717, 1.165) is 21.7 Å². The standard InChI is InChI=1S/C32H29FN2O5S2/c1-20-6-9-25(10-7-20)42(38,39)35-28-11-8-23(33)17-27(28)30(26-13-15-41-29(26)12-14-36)31(35)21-4-3-5-24(16-21)34-18-22(19-34)32(37)40-2/h3-11,13,15-17,22,36H,12,14,18-19H2,1-2H3. The SMILES string of the molecule is COC(=O)C1CN(c2cccc(-c3c(-c4ccsc4CCO)c4cc(F)ccc4n3S(=O)(=O)c3ccc(C)cc3)c2)C1. The summed E-state index contributed by atoms with van der Waals surface area (Å²) in [5.41, 5.74) is 4.46. The predicted molar refractivity (Wildman–Crippen MR) is 163 cm³/mol. The molecular formula is C32H29FN2O5S2. The van der Waals surface area contributed by atoms with Gasteiger partial charge in [0.15, 0.2) is 0 Å². The second-order valence-corrected chi connectivity index (χ2v) is 13.2. The minimum atomic E-state index is -4.14. The lowest BCUT2D eigenvalue weighted by atomic mass is 9.96. The number of thiophene rings is 1. The summed E-state index contributed by atoms with van der Waals surface area (Å²) in [6, 6.07) is 20.2. The zero-order valence-corrected chi connectivity index (χ0v) is 24.7. The number of carbonyl (C=O) groups excluding carboxylic acids is 1. The van der Waals surface area contributed by atoms with Crippen molar-refractivity contribution in [2.45, 2.75) is 18.2 Å². The van der Waals surface area contributed by atoms with E-state index in [-0.39, 0.29) is 23.4 Å². The summed E-state index contributed by atoms with van der Waals surface area (Å²) in [6.07, 6.45) is 0.377. The van der Waals surface area contributed by atoms with Crippen LogP contribution in [0.2, 0.25) is 0 Å². The molecule has 0 radical (unpaired) electrons. The fourth-order valence-electron chi connectivity index (χ4n) is 5.55. The van der Waals surface area contributed by atoms with E-state index in [1.807, 2.05) is 47.5 Å². The van der Waals surface area contributed by atoms with Crippen LogP contribution in [0.15, 0.2) is 83.1 Å². The zero-order valence-electron chi connectivity index (χ0n) is 23.1. The molecule has 6 rings (SSSR count). The maximum absolute atomic E-state index is 14.8. The Morgan fingerprint density at radius 2 is 1.83 bits per heavy atom. The molecule has 5 aromatic rings. The van der Waals surface area contributed by atoms with Crippen molar-refractivity contribution in [1.82, 2.24) is 3.97 Å². The van der Waals surface area contributed by atoms with E-state index in [1.54, 1.807) is 24.3 Å². The lowest BCUT2D eigenvalue weighted by molar-refractivity contribution is -0.146. The molecule has 2 aromatic heterocycles. The highest BCUT2D eigenvalue weighted by Gasteiger charge is 2.35. The number of anilines is 1. The first kappa shape index (κ1) is 28.1. The Hall–Kier alpha value is -3.99. The third kappa shape index (κ3) is 4.79. The average molecular weight is 605 g/mol. The fourth-order valence-corrected chi connectivity index (χ4v) is 7.97. The van der Waals surface area contributed by atoms with Gasteiger partial charge in [-0.2, -0.15) is 0 Å². The van der Waals surface area contributed by atoms with Gasteiger partial charge in [0.2, 0.25) is 0 Å². The number of methoxy groups -OCH3 is 1. The maximum Gasteiger partial charge on any atom is 0.312 e. The number of aliphatic hydroxyl groups excluding tert-OH is 1. The van der Waals surface area contributed by atoms with Crippen LogP contribution in [-0.4, -0.2) is 50.3 Å². The molecule has 7 nitrogen and oxygen atoms in total. The molecule has 10 heteroatoms. The fraction of sp³-hybridized carbons (Fsp3) is 0.219.